The lowest BCUT2D eigenvalue weighted by molar-refractivity contribution is -0.385. The number of hydrogen-bond acceptors (Lipinski definition) is 9. The molecular weight excluding hydrogens is 327 g/mol. The van der Waals surface area contributed by atoms with Crippen LogP contribution in [-0.2, 0) is 10.0 Å². The van der Waals surface area contributed by atoms with Crippen LogP contribution in [0.3, 0.4) is 0 Å². The number of anilines is 2. The normalized spacial score (nSPS) is 11.1. The predicted molar refractivity (Wildman–Crippen MR) is 71.1 cm³/mol. The average molecular weight is 334 g/mol. The van der Waals surface area contributed by atoms with Crippen molar-refractivity contribution in [3.63, 3.8) is 0 Å². The van der Waals surface area contributed by atoms with Gasteiger partial charge in [-0.25, -0.2) is 12.8 Å². The maximum Gasteiger partial charge on any atom is 0.274 e. The van der Waals surface area contributed by atoms with Gasteiger partial charge in [0.2, 0.25) is 5.13 Å². The molecule has 0 saturated carbocycles. The highest BCUT2D eigenvalue weighted by Gasteiger charge is 2.27. The number of hydrogen-bond donors (Lipinski definition) is 2. The number of non-ortho nitro benzene ring substituents is 1. The number of nitrogens with zero attached hydrogens (tertiary/aromatic N) is 4. The standard InChI is InChI=1S/C8H7FN6O4S2/c1-10-6-3-4(15(16)17)2-5(9)7(6)21(18,19)12-8-11-13-14-20-8/h2-3,10H,1H3,(H,11,12,14). The highest BCUT2D eigenvalue weighted by molar-refractivity contribution is 7.93. The molecule has 0 fully saturated rings. The van der Waals surface area contributed by atoms with Gasteiger partial charge < -0.3 is 5.32 Å². The maximum absolute atomic E-state index is 14.0. The van der Waals surface area contributed by atoms with Crippen molar-refractivity contribution in [1.29, 1.82) is 0 Å². The molecule has 2 N–H and O–H groups in total. The fourth-order valence-corrected chi connectivity index (χ4v) is 3.32. The number of rotatable bonds is 5. The van der Waals surface area contributed by atoms with Crippen molar-refractivity contribution in [3.05, 3.63) is 28.1 Å². The van der Waals surface area contributed by atoms with Crippen molar-refractivity contribution in [1.82, 2.24) is 14.8 Å². The van der Waals surface area contributed by atoms with Crippen molar-refractivity contribution in [2.75, 3.05) is 17.1 Å². The molecule has 0 spiro atoms. The highest BCUT2D eigenvalue weighted by atomic mass is 32.2. The van der Waals surface area contributed by atoms with E-state index >= 15 is 0 Å². The molecule has 0 unspecified atom stereocenters. The second-order valence-corrected chi connectivity index (χ2v) is 5.94. The third-order valence-electron chi connectivity index (χ3n) is 2.30. The van der Waals surface area contributed by atoms with E-state index in [1.54, 1.807) is 0 Å². The SMILES string of the molecule is CNc1cc([N+](=O)[O-])cc(F)c1S(=O)(=O)Nc1nnns1. The topological polar surface area (TPSA) is 140 Å². The Morgan fingerprint density at radius 3 is 2.67 bits per heavy atom. The minimum absolute atomic E-state index is 0.158. The van der Waals surface area contributed by atoms with Gasteiger partial charge in [-0.2, -0.15) is 0 Å². The van der Waals surface area contributed by atoms with Gasteiger partial charge in [-0.1, -0.05) is 9.59 Å². The smallest absolute Gasteiger partial charge is 0.274 e. The largest absolute Gasteiger partial charge is 0.387 e. The number of benzene rings is 1. The molecule has 2 aromatic rings. The molecule has 0 aliphatic heterocycles. The zero-order chi connectivity index (χ0) is 15.6. The Morgan fingerprint density at radius 2 is 2.14 bits per heavy atom. The van der Waals surface area contributed by atoms with E-state index in [-0.39, 0.29) is 10.8 Å². The van der Waals surface area contributed by atoms with Gasteiger partial charge in [-0.15, -0.1) is 0 Å². The van der Waals surface area contributed by atoms with Gasteiger partial charge in [-0.05, 0) is 5.21 Å². The molecule has 1 heterocycles. The molecule has 10 nitrogen and oxygen atoms in total. The van der Waals surface area contributed by atoms with Gasteiger partial charge in [-0.3, -0.25) is 14.8 Å². The van der Waals surface area contributed by atoms with E-state index in [2.05, 4.69) is 20.1 Å². The van der Waals surface area contributed by atoms with Crippen LogP contribution < -0.4 is 10.0 Å². The molecular formula is C8H7FN6O4S2. The van der Waals surface area contributed by atoms with Gasteiger partial charge in [0.1, 0.15) is 4.90 Å². The fraction of sp³-hybridized carbons (Fsp3) is 0.125. The maximum atomic E-state index is 14.0. The van der Waals surface area contributed by atoms with Crippen molar-refractivity contribution in [2.24, 2.45) is 0 Å². The molecule has 1 aromatic heterocycles. The first kappa shape index (κ1) is 15.0. The van der Waals surface area contributed by atoms with E-state index in [0.717, 1.165) is 6.07 Å². The average Bonchev–Trinajstić information content (AvgIpc) is 2.89. The van der Waals surface area contributed by atoms with Crippen molar-refractivity contribution < 1.29 is 17.7 Å². The monoisotopic (exact) mass is 334 g/mol. The van der Waals surface area contributed by atoms with E-state index in [0.29, 0.717) is 17.6 Å². The summed E-state index contributed by atoms with van der Waals surface area (Å²) in [5, 5.41) is 19.5. The van der Waals surface area contributed by atoms with Gasteiger partial charge in [0.05, 0.1) is 16.7 Å². The van der Waals surface area contributed by atoms with Gasteiger partial charge in [0, 0.05) is 24.6 Å². The van der Waals surface area contributed by atoms with Crippen molar-refractivity contribution in [3.8, 4) is 0 Å². The second-order valence-electron chi connectivity index (χ2n) is 3.58. The third-order valence-corrected chi connectivity index (χ3v) is 4.35. The Bertz CT molecular complexity index is 778. The van der Waals surface area contributed by atoms with E-state index in [9.17, 15) is 22.9 Å². The number of nitro groups is 1. The van der Waals surface area contributed by atoms with E-state index in [1.165, 1.54) is 7.05 Å². The quantitative estimate of drug-likeness (QED) is 0.605. The summed E-state index contributed by atoms with van der Waals surface area (Å²) in [4.78, 5) is 9.07. The molecule has 0 bridgehead atoms. The molecule has 0 aliphatic rings. The predicted octanol–water partition coefficient (Wildman–Crippen LogP) is 0.823. The first-order valence-electron chi connectivity index (χ1n) is 5.18. The molecule has 21 heavy (non-hydrogen) atoms. The first-order valence-corrected chi connectivity index (χ1v) is 7.44. The van der Waals surface area contributed by atoms with Crippen molar-refractivity contribution >= 4 is 38.1 Å². The molecule has 0 saturated heterocycles. The highest BCUT2D eigenvalue weighted by Crippen LogP contribution is 2.30. The van der Waals surface area contributed by atoms with Crippen LogP contribution in [0.4, 0.5) is 20.9 Å². The van der Waals surface area contributed by atoms with Crippen LogP contribution in [-0.4, -0.2) is 35.2 Å². The Balaban J connectivity index is 2.54. The third kappa shape index (κ3) is 3.03. The van der Waals surface area contributed by atoms with Gasteiger partial charge in [0.15, 0.2) is 5.82 Å². The Kier molecular flexibility index (Phi) is 3.95. The zero-order valence-corrected chi connectivity index (χ0v) is 11.9. The minimum Gasteiger partial charge on any atom is -0.387 e. The molecule has 0 atom stereocenters. The Hall–Kier alpha value is -2.41. The molecule has 0 aliphatic carbocycles. The summed E-state index contributed by atoms with van der Waals surface area (Å²) >= 11 is 0.658. The lowest BCUT2D eigenvalue weighted by Gasteiger charge is -2.11. The van der Waals surface area contributed by atoms with Crippen LogP contribution in [0.25, 0.3) is 0 Å². The summed E-state index contributed by atoms with van der Waals surface area (Å²) in [6.07, 6.45) is 0. The summed E-state index contributed by atoms with van der Waals surface area (Å²) in [5.41, 5.74) is -0.833. The van der Waals surface area contributed by atoms with Gasteiger partial charge in [0.25, 0.3) is 15.7 Å². The van der Waals surface area contributed by atoms with Crippen molar-refractivity contribution in [2.45, 2.75) is 4.90 Å². The van der Waals surface area contributed by atoms with Gasteiger partial charge >= 0.3 is 0 Å². The number of nitrogens with one attached hydrogen (secondary N) is 2. The number of aromatic nitrogens is 3. The number of halogens is 1. The Labute approximate surface area is 121 Å². The minimum atomic E-state index is -4.34. The summed E-state index contributed by atoms with van der Waals surface area (Å²) in [7, 11) is -3.03. The number of sulfonamides is 1. The van der Waals surface area contributed by atoms with Crippen LogP contribution in [0.2, 0.25) is 0 Å². The zero-order valence-electron chi connectivity index (χ0n) is 10.3. The lowest BCUT2D eigenvalue weighted by Crippen LogP contribution is -2.17. The molecule has 0 radical (unpaired) electrons. The summed E-state index contributed by atoms with van der Waals surface area (Å²) in [6.45, 7) is 0. The molecule has 112 valence electrons. The van der Waals surface area contributed by atoms with Crippen LogP contribution in [0, 0.1) is 15.9 Å². The molecule has 1 aromatic carbocycles. The van der Waals surface area contributed by atoms with Crippen LogP contribution in [0.15, 0.2) is 17.0 Å². The molecule has 13 heteroatoms. The van der Waals surface area contributed by atoms with Crippen LogP contribution >= 0.6 is 11.5 Å². The van der Waals surface area contributed by atoms with E-state index in [4.69, 9.17) is 0 Å². The van der Waals surface area contributed by atoms with E-state index < -0.39 is 31.3 Å². The number of nitro benzene ring substituents is 1. The summed E-state index contributed by atoms with van der Waals surface area (Å²) in [5.74, 6) is -1.27. The molecule has 0 amide bonds. The van der Waals surface area contributed by atoms with Crippen LogP contribution in [0.5, 0.6) is 0 Å². The fourth-order valence-electron chi connectivity index (χ4n) is 1.48. The van der Waals surface area contributed by atoms with E-state index in [1.807, 2.05) is 4.72 Å². The second kappa shape index (κ2) is 5.53. The Morgan fingerprint density at radius 1 is 1.43 bits per heavy atom. The molecule has 2 rings (SSSR count). The van der Waals surface area contributed by atoms with Crippen LogP contribution in [0.1, 0.15) is 0 Å². The lowest BCUT2D eigenvalue weighted by atomic mass is 10.2. The summed E-state index contributed by atoms with van der Waals surface area (Å²) < 4.78 is 43.6. The first-order chi connectivity index (χ1) is 9.85. The summed E-state index contributed by atoms with van der Waals surface area (Å²) in [6, 6.07) is 1.43.